The van der Waals surface area contributed by atoms with Gasteiger partial charge in [-0.15, -0.1) is 0 Å². The van der Waals surface area contributed by atoms with E-state index < -0.39 is 0 Å². The molecule has 2 heterocycles. The number of ether oxygens (including phenoxy) is 2. The molecular weight excluding hydrogens is 230 g/mol. The molecule has 18 heavy (non-hydrogen) atoms. The summed E-state index contributed by atoms with van der Waals surface area (Å²) in [5, 5.41) is 3.37. The van der Waals surface area contributed by atoms with Crippen molar-refractivity contribution in [2.24, 2.45) is 0 Å². The van der Waals surface area contributed by atoms with Crippen LogP contribution in [0.15, 0.2) is 18.2 Å². The average molecular weight is 247 g/mol. The minimum Gasteiger partial charge on any atom is -0.489 e. The zero-order valence-corrected chi connectivity index (χ0v) is 10.3. The predicted molar refractivity (Wildman–Crippen MR) is 66.7 cm³/mol. The van der Waals surface area contributed by atoms with Crippen molar-refractivity contribution < 1.29 is 14.3 Å². The second kappa shape index (κ2) is 4.98. The fourth-order valence-electron chi connectivity index (χ4n) is 2.46. The van der Waals surface area contributed by atoms with E-state index >= 15 is 0 Å². The van der Waals surface area contributed by atoms with Gasteiger partial charge in [-0.3, -0.25) is 0 Å². The number of rotatable bonds is 2. The minimum atomic E-state index is -0.229. The molecule has 1 atom stereocenters. The molecule has 4 nitrogen and oxygen atoms in total. The van der Waals surface area contributed by atoms with Crippen molar-refractivity contribution in [3.63, 3.8) is 0 Å². The first kappa shape index (κ1) is 11.5. The van der Waals surface area contributed by atoms with E-state index in [1.165, 1.54) is 12.8 Å². The third-order valence-corrected chi connectivity index (χ3v) is 3.46. The van der Waals surface area contributed by atoms with Crippen molar-refractivity contribution in [3.8, 4) is 5.75 Å². The molecule has 3 rings (SSSR count). The Morgan fingerprint density at radius 2 is 2.28 bits per heavy atom. The van der Waals surface area contributed by atoms with E-state index in [0.717, 1.165) is 30.8 Å². The second-order valence-corrected chi connectivity index (χ2v) is 4.83. The summed E-state index contributed by atoms with van der Waals surface area (Å²) in [5.74, 6) is 0.605. The normalized spacial score (nSPS) is 23.1. The zero-order chi connectivity index (χ0) is 12.4. The number of hydrogen-bond donors (Lipinski definition) is 1. The topological polar surface area (TPSA) is 47.6 Å². The summed E-state index contributed by atoms with van der Waals surface area (Å²) >= 11 is 0. The van der Waals surface area contributed by atoms with Gasteiger partial charge in [0.05, 0.1) is 5.56 Å². The van der Waals surface area contributed by atoms with E-state index in [1.807, 2.05) is 12.1 Å². The smallest absolute Gasteiger partial charge is 0.338 e. The molecule has 0 aliphatic carbocycles. The molecular formula is C14H17NO3. The maximum atomic E-state index is 11.3. The lowest BCUT2D eigenvalue weighted by Gasteiger charge is -2.17. The number of benzene rings is 1. The third-order valence-electron chi connectivity index (χ3n) is 3.46. The van der Waals surface area contributed by atoms with Gasteiger partial charge in [-0.25, -0.2) is 4.79 Å². The van der Waals surface area contributed by atoms with Crippen LogP contribution in [-0.4, -0.2) is 25.2 Å². The molecule has 0 bridgehead atoms. The van der Waals surface area contributed by atoms with Crippen LogP contribution in [0.25, 0.3) is 0 Å². The highest BCUT2D eigenvalue weighted by atomic mass is 16.5. The van der Waals surface area contributed by atoms with Crippen molar-refractivity contribution in [3.05, 3.63) is 29.3 Å². The molecule has 2 aliphatic rings. The summed E-state index contributed by atoms with van der Waals surface area (Å²) in [7, 11) is 0. The summed E-state index contributed by atoms with van der Waals surface area (Å²) < 4.78 is 10.9. The molecule has 0 saturated carbocycles. The van der Waals surface area contributed by atoms with Crippen molar-refractivity contribution in [1.29, 1.82) is 0 Å². The second-order valence-electron chi connectivity index (χ2n) is 4.83. The van der Waals surface area contributed by atoms with Crippen LogP contribution in [-0.2, 0) is 11.3 Å². The Labute approximate surface area is 106 Å². The number of carbonyl (C=O) groups is 1. The Hall–Kier alpha value is -1.55. The highest BCUT2D eigenvalue weighted by molar-refractivity contribution is 5.93. The van der Waals surface area contributed by atoms with Crippen molar-refractivity contribution in [1.82, 2.24) is 5.32 Å². The highest BCUT2D eigenvalue weighted by Gasteiger charge is 2.22. The molecule has 2 aliphatic heterocycles. The lowest BCUT2D eigenvalue weighted by Crippen LogP contribution is -2.29. The van der Waals surface area contributed by atoms with Gasteiger partial charge in [-0.1, -0.05) is 0 Å². The molecule has 0 spiro atoms. The fraction of sp³-hybridized carbons (Fsp3) is 0.500. The van der Waals surface area contributed by atoms with Crippen LogP contribution in [0.3, 0.4) is 0 Å². The molecule has 96 valence electrons. The number of cyclic esters (lactones) is 1. The van der Waals surface area contributed by atoms with Gasteiger partial charge < -0.3 is 14.8 Å². The Bertz CT molecular complexity index is 450. The molecule has 1 fully saturated rings. The van der Waals surface area contributed by atoms with E-state index in [2.05, 4.69) is 5.32 Å². The fourth-order valence-corrected chi connectivity index (χ4v) is 2.46. The zero-order valence-electron chi connectivity index (χ0n) is 10.3. The van der Waals surface area contributed by atoms with Crippen LogP contribution >= 0.6 is 0 Å². The van der Waals surface area contributed by atoms with E-state index in [0.29, 0.717) is 12.2 Å². The van der Waals surface area contributed by atoms with Crippen molar-refractivity contribution in [2.45, 2.75) is 32.0 Å². The molecule has 0 radical (unpaired) electrons. The SMILES string of the molecule is O=C1OCc2cc(OC3CCCCNC3)ccc21. The summed E-state index contributed by atoms with van der Waals surface area (Å²) in [5.41, 5.74) is 1.60. The maximum Gasteiger partial charge on any atom is 0.338 e. The van der Waals surface area contributed by atoms with Crippen molar-refractivity contribution >= 4 is 5.97 Å². The predicted octanol–water partition coefficient (Wildman–Crippen LogP) is 1.88. The summed E-state index contributed by atoms with van der Waals surface area (Å²) in [6.07, 6.45) is 3.72. The van der Waals surface area contributed by atoms with Gasteiger partial charge in [0.2, 0.25) is 0 Å². The molecule has 1 aromatic carbocycles. The molecule has 1 N–H and O–H groups in total. The van der Waals surface area contributed by atoms with Gasteiger partial charge in [0.25, 0.3) is 0 Å². The first-order valence-corrected chi connectivity index (χ1v) is 6.50. The lowest BCUT2D eigenvalue weighted by molar-refractivity contribution is 0.0535. The standard InChI is InChI=1S/C14H17NO3/c16-14-13-5-4-11(7-10(13)9-17-14)18-12-3-1-2-6-15-8-12/h4-5,7,12,15H,1-3,6,8-9H2. The quantitative estimate of drug-likeness (QED) is 0.811. The van der Waals surface area contributed by atoms with E-state index in [-0.39, 0.29) is 12.1 Å². The van der Waals surface area contributed by atoms with Crippen LogP contribution in [0.1, 0.15) is 35.2 Å². The van der Waals surface area contributed by atoms with Crippen LogP contribution in [0.4, 0.5) is 0 Å². The Morgan fingerprint density at radius 3 is 3.22 bits per heavy atom. The number of carbonyl (C=O) groups excluding carboxylic acids is 1. The minimum absolute atomic E-state index is 0.226. The van der Waals surface area contributed by atoms with Gasteiger partial charge in [-0.2, -0.15) is 0 Å². The van der Waals surface area contributed by atoms with E-state index in [1.54, 1.807) is 6.07 Å². The number of nitrogens with one attached hydrogen (secondary N) is 1. The van der Waals surface area contributed by atoms with Crippen LogP contribution in [0, 0.1) is 0 Å². The molecule has 4 heteroatoms. The van der Waals surface area contributed by atoms with Crippen LogP contribution < -0.4 is 10.1 Å². The highest BCUT2D eigenvalue weighted by Crippen LogP contribution is 2.25. The summed E-state index contributed by atoms with van der Waals surface area (Å²) in [6.45, 7) is 2.34. The van der Waals surface area contributed by atoms with Gasteiger partial charge in [0, 0.05) is 12.1 Å². The molecule has 1 unspecified atom stereocenters. The maximum absolute atomic E-state index is 11.3. The first-order chi connectivity index (χ1) is 8.83. The van der Waals surface area contributed by atoms with E-state index in [4.69, 9.17) is 9.47 Å². The van der Waals surface area contributed by atoms with Crippen LogP contribution in [0.5, 0.6) is 5.75 Å². The molecule has 1 saturated heterocycles. The largest absolute Gasteiger partial charge is 0.489 e. The van der Waals surface area contributed by atoms with Gasteiger partial charge in [0.1, 0.15) is 18.5 Å². The molecule has 0 aromatic heterocycles. The molecule has 0 amide bonds. The number of hydrogen-bond acceptors (Lipinski definition) is 4. The third kappa shape index (κ3) is 2.34. The Morgan fingerprint density at radius 1 is 1.33 bits per heavy atom. The van der Waals surface area contributed by atoms with E-state index in [9.17, 15) is 4.79 Å². The van der Waals surface area contributed by atoms with Crippen LogP contribution in [0.2, 0.25) is 0 Å². The van der Waals surface area contributed by atoms with Gasteiger partial charge in [-0.05, 0) is 44.0 Å². The molecule has 1 aromatic rings. The Kier molecular flexibility index (Phi) is 3.19. The van der Waals surface area contributed by atoms with Crippen molar-refractivity contribution in [2.75, 3.05) is 13.1 Å². The number of esters is 1. The Balaban J connectivity index is 1.71. The summed E-state index contributed by atoms with van der Waals surface area (Å²) in [6, 6.07) is 5.57. The van der Waals surface area contributed by atoms with Gasteiger partial charge in [0.15, 0.2) is 0 Å². The van der Waals surface area contributed by atoms with Gasteiger partial charge >= 0.3 is 5.97 Å². The monoisotopic (exact) mass is 247 g/mol. The average Bonchev–Trinajstić information content (AvgIpc) is 2.60. The summed E-state index contributed by atoms with van der Waals surface area (Å²) in [4.78, 5) is 11.3. The first-order valence-electron chi connectivity index (χ1n) is 6.50. The number of fused-ring (bicyclic) bond motifs is 1. The lowest BCUT2D eigenvalue weighted by atomic mass is 10.1.